The number of phosphoric acid groups is 1. The molecule has 3 heterocycles. The van der Waals surface area contributed by atoms with Crippen LogP contribution in [0.3, 0.4) is 0 Å². The van der Waals surface area contributed by atoms with Gasteiger partial charge in [-0.2, -0.15) is 0 Å². The second-order valence-corrected chi connectivity index (χ2v) is 6.51. The van der Waals surface area contributed by atoms with E-state index in [1.807, 2.05) is 0 Å². The number of aliphatic hydroxyl groups is 1. The average Bonchev–Trinajstić information content (AvgIpc) is 3.14. The van der Waals surface area contributed by atoms with E-state index in [0.29, 0.717) is 0 Å². The first-order valence-electron chi connectivity index (χ1n) is 7.14. The van der Waals surface area contributed by atoms with E-state index in [-0.39, 0.29) is 76.9 Å². The van der Waals surface area contributed by atoms with Crippen molar-refractivity contribution in [2.45, 2.75) is 24.9 Å². The number of rotatable bonds is 5. The Kier molecular flexibility index (Phi) is 9.41. The number of nitrogens with zero attached hydrogens (tertiary/aromatic N) is 1. The van der Waals surface area contributed by atoms with Crippen LogP contribution >= 0.6 is 7.82 Å². The van der Waals surface area contributed by atoms with Gasteiger partial charge in [-0.05, 0) is 12.1 Å². The van der Waals surface area contributed by atoms with Crippen molar-refractivity contribution in [2.24, 2.45) is 0 Å². The fraction of sp³-hybridized carbons (Fsp3) is 0.385. The second kappa shape index (κ2) is 10.1. The standard InChI is InChI=1S/C13H15N2O9P.2Na/c16-8-4-11(24-10(8)6-23-25(19,20)21)15-5-7(9-2-1-3-22-9)12(17)14-13(15)18;;/h1-3,5,8,10-11,16H,4,6H2,(H,14,17,18)(H2,19,20,21);;/q;2*+1/p-2/t8-,10-,11-;;/m1../s1. The molecular weight excluding hydrogens is 405 g/mol. The predicted octanol–water partition coefficient (Wildman–Crippen LogP) is -7.70. The van der Waals surface area contributed by atoms with Crippen LogP contribution in [0.25, 0.3) is 11.3 Å². The number of nitrogens with one attached hydrogen (secondary N) is 1. The molecule has 0 amide bonds. The molecule has 2 N–H and O–H groups in total. The number of aliphatic hydroxyl groups excluding tert-OH is 1. The summed E-state index contributed by atoms with van der Waals surface area (Å²) in [6.07, 6.45) is -0.766. The van der Waals surface area contributed by atoms with Gasteiger partial charge in [0, 0.05) is 12.6 Å². The number of phosphoric ester groups is 1. The van der Waals surface area contributed by atoms with Gasteiger partial charge in [-0.1, -0.05) is 0 Å². The van der Waals surface area contributed by atoms with Gasteiger partial charge in [0.2, 0.25) is 0 Å². The monoisotopic (exact) mass is 418 g/mol. The number of furan rings is 1. The van der Waals surface area contributed by atoms with Gasteiger partial charge in [-0.3, -0.25) is 14.3 Å². The Morgan fingerprint density at radius 3 is 2.67 bits per heavy atom. The van der Waals surface area contributed by atoms with Gasteiger partial charge in [-0.25, -0.2) is 4.79 Å². The van der Waals surface area contributed by atoms with Crippen LogP contribution in [0.2, 0.25) is 0 Å². The minimum Gasteiger partial charge on any atom is -0.790 e. The molecule has 11 nitrogen and oxygen atoms in total. The third-order valence-corrected chi connectivity index (χ3v) is 4.13. The number of hydrogen-bond acceptors (Lipinski definition) is 9. The summed E-state index contributed by atoms with van der Waals surface area (Å²) in [5.74, 6) is 0.229. The maximum Gasteiger partial charge on any atom is 1.00 e. The van der Waals surface area contributed by atoms with Crippen molar-refractivity contribution < 1.29 is 92.3 Å². The molecule has 0 bridgehead atoms. The van der Waals surface area contributed by atoms with Gasteiger partial charge in [0.1, 0.15) is 18.1 Å². The number of aromatic amines is 1. The molecule has 0 radical (unpaired) electrons. The minimum atomic E-state index is -5.21. The first-order valence-corrected chi connectivity index (χ1v) is 8.60. The average molecular weight is 418 g/mol. The topological polar surface area (TPSA) is 170 Å². The van der Waals surface area contributed by atoms with Gasteiger partial charge in [-0.15, -0.1) is 0 Å². The zero-order valence-corrected chi connectivity index (χ0v) is 19.5. The summed E-state index contributed by atoms with van der Waals surface area (Å²) in [6.45, 7) is -0.676. The Hall–Kier alpha value is -0.01000. The summed E-state index contributed by atoms with van der Waals surface area (Å²) < 4.78 is 26.2. The molecule has 0 aromatic carbocycles. The molecule has 3 rings (SSSR count). The molecule has 1 aliphatic heterocycles. The Balaban J connectivity index is 0.00000182. The summed E-state index contributed by atoms with van der Waals surface area (Å²) in [6, 6.07) is 3.10. The van der Waals surface area contributed by atoms with Crippen molar-refractivity contribution >= 4 is 7.82 Å². The molecule has 14 heteroatoms. The first kappa shape index (κ1) is 25.0. The summed E-state index contributed by atoms with van der Waals surface area (Å²) in [5.41, 5.74) is -1.36. The van der Waals surface area contributed by atoms with Gasteiger partial charge < -0.3 is 33.1 Å². The second-order valence-electron chi connectivity index (χ2n) is 5.36. The SMILES string of the molecule is O=c1[nH]c(=O)n([C@H]2C[C@@H](O)[C@@H](COP(=O)([O-])[O-])O2)cc1-c1ccco1.[Na+].[Na+]. The quantitative estimate of drug-likeness (QED) is 0.354. The van der Waals surface area contributed by atoms with Crippen LogP contribution in [0.15, 0.2) is 38.6 Å². The molecule has 3 atom stereocenters. The van der Waals surface area contributed by atoms with Crippen molar-refractivity contribution in [1.29, 1.82) is 0 Å². The fourth-order valence-electron chi connectivity index (χ4n) is 2.51. The smallest absolute Gasteiger partial charge is 0.790 e. The minimum absolute atomic E-state index is 0. The molecule has 0 spiro atoms. The van der Waals surface area contributed by atoms with E-state index < -0.39 is 44.1 Å². The summed E-state index contributed by atoms with van der Waals surface area (Å²) >= 11 is 0. The van der Waals surface area contributed by atoms with Crippen LogP contribution in [-0.4, -0.2) is 33.5 Å². The predicted molar refractivity (Wildman–Crippen MR) is 77.1 cm³/mol. The molecule has 0 aliphatic carbocycles. The molecular formula is C13H13N2Na2O9P. The third-order valence-electron chi connectivity index (χ3n) is 3.67. The van der Waals surface area contributed by atoms with E-state index in [1.54, 1.807) is 6.07 Å². The number of aromatic nitrogens is 2. The van der Waals surface area contributed by atoms with E-state index in [4.69, 9.17) is 9.15 Å². The third kappa shape index (κ3) is 6.23. The van der Waals surface area contributed by atoms with E-state index in [1.165, 1.54) is 18.5 Å². The number of ether oxygens (including phenoxy) is 1. The van der Waals surface area contributed by atoms with Crippen molar-refractivity contribution in [2.75, 3.05) is 6.61 Å². The van der Waals surface area contributed by atoms with Crippen LogP contribution < -0.4 is 80.2 Å². The van der Waals surface area contributed by atoms with E-state index in [9.17, 15) is 29.0 Å². The van der Waals surface area contributed by atoms with E-state index in [2.05, 4.69) is 9.51 Å². The zero-order chi connectivity index (χ0) is 18.2. The molecule has 136 valence electrons. The first-order chi connectivity index (χ1) is 11.7. The van der Waals surface area contributed by atoms with Gasteiger partial charge in [0.15, 0.2) is 0 Å². The largest absolute Gasteiger partial charge is 1.00 e. The summed E-state index contributed by atoms with van der Waals surface area (Å²) in [7, 11) is -5.21. The van der Waals surface area contributed by atoms with Crippen molar-refractivity contribution in [3.8, 4) is 11.3 Å². The number of hydrogen-bond donors (Lipinski definition) is 2. The van der Waals surface area contributed by atoms with Crippen LogP contribution in [-0.2, 0) is 13.8 Å². The molecule has 1 aliphatic rings. The normalized spacial score (nSPS) is 22.1. The van der Waals surface area contributed by atoms with E-state index in [0.717, 1.165) is 4.57 Å². The van der Waals surface area contributed by atoms with Crippen molar-refractivity contribution in [3.05, 3.63) is 45.4 Å². The van der Waals surface area contributed by atoms with Gasteiger partial charge in [0.05, 0.1) is 32.4 Å². The van der Waals surface area contributed by atoms with E-state index >= 15 is 0 Å². The molecule has 2 aromatic heterocycles. The Bertz CT molecular complexity index is 907. The Morgan fingerprint density at radius 2 is 2.07 bits per heavy atom. The maximum atomic E-state index is 12.0. The molecule has 1 saturated heterocycles. The van der Waals surface area contributed by atoms with Crippen LogP contribution in [0.4, 0.5) is 0 Å². The Labute approximate surface area is 196 Å². The van der Waals surface area contributed by atoms with Crippen molar-refractivity contribution in [3.63, 3.8) is 0 Å². The Morgan fingerprint density at radius 1 is 1.37 bits per heavy atom. The summed E-state index contributed by atoms with van der Waals surface area (Å²) in [4.78, 5) is 47.1. The maximum absolute atomic E-state index is 12.0. The molecule has 2 aromatic rings. The number of H-pyrrole nitrogens is 1. The molecule has 0 saturated carbocycles. The van der Waals surface area contributed by atoms with Gasteiger partial charge in [0.25, 0.3) is 5.56 Å². The van der Waals surface area contributed by atoms with Gasteiger partial charge >= 0.3 is 64.8 Å². The molecule has 1 fully saturated rings. The molecule has 0 unspecified atom stereocenters. The molecule has 27 heavy (non-hydrogen) atoms. The fourth-order valence-corrected chi connectivity index (χ4v) is 2.84. The van der Waals surface area contributed by atoms with Crippen LogP contribution in [0.5, 0.6) is 0 Å². The van der Waals surface area contributed by atoms with Crippen LogP contribution in [0.1, 0.15) is 12.6 Å². The summed E-state index contributed by atoms with van der Waals surface area (Å²) in [5, 5.41) is 9.91. The van der Waals surface area contributed by atoms with Crippen LogP contribution in [0, 0.1) is 0 Å². The zero-order valence-electron chi connectivity index (χ0n) is 14.6. The van der Waals surface area contributed by atoms with Crippen molar-refractivity contribution in [1.82, 2.24) is 9.55 Å².